The Labute approximate surface area is 119 Å². The van der Waals surface area contributed by atoms with E-state index in [0.29, 0.717) is 18.7 Å². The molecular formula is C14H13BrN2O2. The van der Waals surface area contributed by atoms with E-state index in [1.807, 2.05) is 13.1 Å². The van der Waals surface area contributed by atoms with Crippen molar-refractivity contribution in [3.8, 4) is 5.75 Å². The third kappa shape index (κ3) is 2.30. The molecule has 0 amide bonds. The SMILES string of the molecule is Cn1cncc1C(=O)Cc1cc(Br)cc2c1OCC2. The number of fused-ring (bicyclic) bond motifs is 1. The van der Waals surface area contributed by atoms with Crippen LogP contribution >= 0.6 is 15.9 Å². The van der Waals surface area contributed by atoms with Gasteiger partial charge in [0.05, 0.1) is 19.1 Å². The van der Waals surface area contributed by atoms with Crippen LogP contribution in [0, 0.1) is 0 Å². The van der Waals surface area contributed by atoms with Crippen molar-refractivity contribution in [2.24, 2.45) is 7.05 Å². The average molecular weight is 321 g/mol. The Hall–Kier alpha value is -1.62. The topological polar surface area (TPSA) is 44.1 Å². The molecule has 4 nitrogen and oxygen atoms in total. The predicted molar refractivity (Wildman–Crippen MR) is 74.6 cm³/mol. The van der Waals surface area contributed by atoms with Gasteiger partial charge in [-0.15, -0.1) is 0 Å². The van der Waals surface area contributed by atoms with E-state index in [1.54, 1.807) is 17.1 Å². The number of aryl methyl sites for hydroxylation is 1. The second-order valence-corrected chi connectivity index (χ2v) is 5.56. The van der Waals surface area contributed by atoms with Gasteiger partial charge in [-0.25, -0.2) is 4.98 Å². The summed E-state index contributed by atoms with van der Waals surface area (Å²) >= 11 is 3.48. The lowest BCUT2D eigenvalue weighted by Crippen LogP contribution is -2.09. The lowest BCUT2D eigenvalue weighted by molar-refractivity contribution is 0.0984. The fourth-order valence-corrected chi connectivity index (χ4v) is 2.92. The quantitative estimate of drug-likeness (QED) is 0.816. The first-order valence-electron chi connectivity index (χ1n) is 6.09. The number of ketones is 1. The Kier molecular flexibility index (Phi) is 3.14. The molecule has 0 radical (unpaired) electrons. The van der Waals surface area contributed by atoms with Crippen molar-refractivity contribution in [1.82, 2.24) is 9.55 Å². The summed E-state index contributed by atoms with van der Waals surface area (Å²) in [5.41, 5.74) is 2.72. The number of Topliss-reactive ketones (excluding diaryl/α,β-unsaturated/α-hetero) is 1. The summed E-state index contributed by atoms with van der Waals surface area (Å²) in [6, 6.07) is 4.01. The molecule has 19 heavy (non-hydrogen) atoms. The Balaban J connectivity index is 1.92. The number of imidazole rings is 1. The highest BCUT2D eigenvalue weighted by Gasteiger charge is 2.20. The first-order chi connectivity index (χ1) is 9.15. The summed E-state index contributed by atoms with van der Waals surface area (Å²) in [7, 11) is 1.82. The molecule has 1 aromatic carbocycles. The number of ether oxygens (including phenoxy) is 1. The van der Waals surface area contributed by atoms with E-state index in [-0.39, 0.29) is 5.78 Å². The normalized spacial score (nSPS) is 13.2. The van der Waals surface area contributed by atoms with Gasteiger partial charge in [0.1, 0.15) is 11.4 Å². The van der Waals surface area contributed by atoms with Crippen molar-refractivity contribution in [1.29, 1.82) is 0 Å². The summed E-state index contributed by atoms with van der Waals surface area (Å²) in [6.07, 6.45) is 4.47. The van der Waals surface area contributed by atoms with Crippen molar-refractivity contribution < 1.29 is 9.53 Å². The molecule has 0 N–H and O–H groups in total. The van der Waals surface area contributed by atoms with Crippen LogP contribution in [0.25, 0.3) is 0 Å². The van der Waals surface area contributed by atoms with Gasteiger partial charge in [0.2, 0.25) is 0 Å². The van der Waals surface area contributed by atoms with Crippen molar-refractivity contribution in [3.05, 3.63) is 46.0 Å². The molecule has 0 aliphatic carbocycles. The summed E-state index contributed by atoms with van der Waals surface area (Å²) in [5, 5.41) is 0. The first-order valence-corrected chi connectivity index (χ1v) is 6.88. The maximum absolute atomic E-state index is 12.3. The first kappa shape index (κ1) is 12.4. The molecule has 98 valence electrons. The minimum atomic E-state index is 0.0517. The minimum Gasteiger partial charge on any atom is -0.493 e. The molecule has 0 saturated carbocycles. The molecule has 1 aliphatic rings. The second kappa shape index (κ2) is 4.81. The maximum atomic E-state index is 12.3. The highest BCUT2D eigenvalue weighted by molar-refractivity contribution is 9.10. The zero-order valence-corrected chi connectivity index (χ0v) is 12.1. The van der Waals surface area contributed by atoms with Gasteiger partial charge in [-0.1, -0.05) is 15.9 Å². The van der Waals surface area contributed by atoms with Gasteiger partial charge in [0.15, 0.2) is 5.78 Å². The molecule has 0 saturated heterocycles. The Bertz CT molecular complexity index is 649. The van der Waals surface area contributed by atoms with E-state index in [9.17, 15) is 4.79 Å². The van der Waals surface area contributed by atoms with Gasteiger partial charge in [0, 0.05) is 29.9 Å². The van der Waals surface area contributed by atoms with Gasteiger partial charge in [-0.05, 0) is 17.7 Å². The number of hydrogen-bond donors (Lipinski definition) is 0. The third-order valence-corrected chi connectivity index (χ3v) is 3.74. The monoisotopic (exact) mass is 320 g/mol. The van der Waals surface area contributed by atoms with Crippen molar-refractivity contribution in [2.45, 2.75) is 12.8 Å². The number of carbonyl (C=O) groups is 1. The fraction of sp³-hybridized carbons (Fsp3) is 0.286. The number of rotatable bonds is 3. The maximum Gasteiger partial charge on any atom is 0.185 e. The zero-order valence-electron chi connectivity index (χ0n) is 10.5. The molecule has 0 spiro atoms. The summed E-state index contributed by atoms with van der Waals surface area (Å²) in [5.74, 6) is 0.925. The highest BCUT2D eigenvalue weighted by atomic mass is 79.9. The van der Waals surface area contributed by atoms with Crippen molar-refractivity contribution in [2.75, 3.05) is 6.61 Å². The van der Waals surface area contributed by atoms with Gasteiger partial charge < -0.3 is 9.30 Å². The molecule has 2 heterocycles. The van der Waals surface area contributed by atoms with Gasteiger partial charge >= 0.3 is 0 Å². The van der Waals surface area contributed by atoms with E-state index in [4.69, 9.17) is 4.74 Å². The molecule has 0 bridgehead atoms. The zero-order chi connectivity index (χ0) is 13.4. The molecule has 2 aromatic rings. The largest absolute Gasteiger partial charge is 0.493 e. The summed E-state index contributed by atoms with van der Waals surface area (Å²) < 4.78 is 8.37. The molecule has 1 aliphatic heterocycles. The van der Waals surface area contributed by atoms with Crippen LogP contribution in [-0.4, -0.2) is 21.9 Å². The van der Waals surface area contributed by atoms with Crippen LogP contribution < -0.4 is 4.74 Å². The lowest BCUT2D eigenvalue weighted by atomic mass is 10.0. The standard InChI is InChI=1S/C14H13BrN2O2/c1-17-8-16-7-12(17)13(18)6-10-5-11(15)4-9-2-3-19-14(9)10/h4-5,7-8H,2-3,6H2,1H3. The van der Waals surface area contributed by atoms with Crippen LogP contribution in [0.3, 0.4) is 0 Å². The van der Waals surface area contributed by atoms with Crippen LogP contribution in [-0.2, 0) is 19.9 Å². The van der Waals surface area contributed by atoms with Gasteiger partial charge in [-0.3, -0.25) is 4.79 Å². The number of hydrogen-bond acceptors (Lipinski definition) is 3. The minimum absolute atomic E-state index is 0.0517. The molecule has 3 rings (SSSR count). The molecule has 0 unspecified atom stereocenters. The Morgan fingerprint density at radius 2 is 2.37 bits per heavy atom. The third-order valence-electron chi connectivity index (χ3n) is 3.28. The Morgan fingerprint density at radius 1 is 1.53 bits per heavy atom. The lowest BCUT2D eigenvalue weighted by Gasteiger charge is -2.08. The van der Waals surface area contributed by atoms with Gasteiger partial charge in [0.25, 0.3) is 0 Å². The van der Waals surface area contributed by atoms with E-state index < -0.39 is 0 Å². The number of aromatic nitrogens is 2. The Morgan fingerprint density at radius 3 is 3.11 bits per heavy atom. The smallest absolute Gasteiger partial charge is 0.185 e. The molecule has 1 aromatic heterocycles. The molecular weight excluding hydrogens is 308 g/mol. The van der Waals surface area contributed by atoms with E-state index in [0.717, 1.165) is 22.2 Å². The average Bonchev–Trinajstić information content (AvgIpc) is 2.97. The summed E-state index contributed by atoms with van der Waals surface area (Å²) in [4.78, 5) is 16.3. The van der Waals surface area contributed by atoms with Crippen molar-refractivity contribution in [3.63, 3.8) is 0 Å². The predicted octanol–water partition coefficient (Wildman–Crippen LogP) is 2.54. The molecule has 0 atom stereocenters. The number of nitrogens with zero attached hydrogens (tertiary/aromatic N) is 2. The molecule has 5 heteroatoms. The number of halogens is 1. The van der Waals surface area contributed by atoms with E-state index in [2.05, 4.69) is 27.0 Å². The molecule has 0 fully saturated rings. The van der Waals surface area contributed by atoms with Crippen LogP contribution in [0.2, 0.25) is 0 Å². The van der Waals surface area contributed by atoms with Crippen molar-refractivity contribution >= 4 is 21.7 Å². The van der Waals surface area contributed by atoms with E-state index in [1.165, 1.54) is 5.56 Å². The van der Waals surface area contributed by atoms with Crippen LogP contribution in [0.4, 0.5) is 0 Å². The fourth-order valence-electron chi connectivity index (χ4n) is 2.37. The second-order valence-electron chi connectivity index (χ2n) is 4.64. The van der Waals surface area contributed by atoms with Crippen LogP contribution in [0.5, 0.6) is 5.75 Å². The van der Waals surface area contributed by atoms with Gasteiger partial charge in [-0.2, -0.15) is 0 Å². The summed E-state index contributed by atoms with van der Waals surface area (Å²) in [6.45, 7) is 0.693. The van der Waals surface area contributed by atoms with Crippen LogP contribution in [0.1, 0.15) is 21.6 Å². The number of benzene rings is 1. The van der Waals surface area contributed by atoms with Crippen LogP contribution in [0.15, 0.2) is 29.1 Å². The van der Waals surface area contributed by atoms with E-state index >= 15 is 0 Å². The highest BCUT2D eigenvalue weighted by Crippen LogP contribution is 2.33. The number of carbonyl (C=O) groups excluding carboxylic acids is 1.